The average molecular weight is 349 g/mol. The lowest BCUT2D eigenvalue weighted by Crippen LogP contribution is -2.20. The van der Waals surface area contributed by atoms with Crippen LogP contribution >= 0.6 is 22.9 Å². The third-order valence-electron chi connectivity index (χ3n) is 3.04. The van der Waals surface area contributed by atoms with E-state index in [1.54, 1.807) is 31.4 Å². The minimum atomic E-state index is -0.295. The molecule has 7 heteroatoms. The largest absolute Gasteiger partial charge is 0.497 e. The normalized spacial score (nSPS) is 10.5. The van der Waals surface area contributed by atoms with Crippen molar-refractivity contribution in [2.24, 2.45) is 0 Å². The number of amides is 1. The number of ether oxygens (including phenoxy) is 2. The van der Waals surface area contributed by atoms with Gasteiger partial charge in [0.25, 0.3) is 5.91 Å². The van der Waals surface area contributed by atoms with Gasteiger partial charge in [0.05, 0.1) is 22.3 Å². The van der Waals surface area contributed by atoms with Gasteiger partial charge in [0.2, 0.25) is 0 Å². The quantitative estimate of drug-likeness (QED) is 0.757. The van der Waals surface area contributed by atoms with Crippen molar-refractivity contribution in [3.05, 3.63) is 47.5 Å². The second-order valence-electron chi connectivity index (χ2n) is 4.62. The number of hydrogen-bond donors (Lipinski definition) is 1. The summed E-state index contributed by atoms with van der Waals surface area (Å²) in [5.41, 5.74) is 0.804. The van der Waals surface area contributed by atoms with E-state index in [4.69, 9.17) is 21.1 Å². The molecule has 5 nitrogen and oxygen atoms in total. The van der Waals surface area contributed by atoms with Crippen LogP contribution in [0.5, 0.6) is 11.5 Å². The van der Waals surface area contributed by atoms with Crippen molar-refractivity contribution in [1.29, 1.82) is 0 Å². The van der Waals surface area contributed by atoms with E-state index in [9.17, 15) is 4.79 Å². The Kier molecular flexibility index (Phi) is 4.64. The smallest absolute Gasteiger partial charge is 0.264 e. The van der Waals surface area contributed by atoms with Crippen molar-refractivity contribution < 1.29 is 14.3 Å². The minimum absolute atomic E-state index is 0.136. The van der Waals surface area contributed by atoms with Gasteiger partial charge >= 0.3 is 0 Å². The van der Waals surface area contributed by atoms with Crippen LogP contribution in [0.25, 0.3) is 10.2 Å². The van der Waals surface area contributed by atoms with Gasteiger partial charge in [-0.05, 0) is 30.3 Å². The van der Waals surface area contributed by atoms with Crippen molar-refractivity contribution in [3.63, 3.8) is 0 Å². The highest BCUT2D eigenvalue weighted by Crippen LogP contribution is 2.29. The van der Waals surface area contributed by atoms with Gasteiger partial charge in [-0.1, -0.05) is 35.1 Å². The number of thiazole rings is 1. The Hall–Kier alpha value is -2.31. The molecule has 0 atom stereocenters. The Morgan fingerprint density at radius 1 is 1.30 bits per heavy atom. The summed E-state index contributed by atoms with van der Waals surface area (Å²) in [4.78, 5) is 16.3. The molecule has 0 radical (unpaired) electrons. The molecule has 0 bridgehead atoms. The number of aromatic nitrogens is 1. The monoisotopic (exact) mass is 348 g/mol. The Morgan fingerprint density at radius 2 is 2.13 bits per heavy atom. The molecular formula is C16H13ClN2O3S. The molecule has 0 spiro atoms. The molecule has 118 valence electrons. The fourth-order valence-corrected chi connectivity index (χ4v) is 3.05. The maximum absolute atomic E-state index is 12.0. The lowest BCUT2D eigenvalue weighted by atomic mass is 10.3. The van der Waals surface area contributed by atoms with Gasteiger partial charge in [-0.3, -0.25) is 10.1 Å². The summed E-state index contributed by atoms with van der Waals surface area (Å²) in [6.45, 7) is -0.136. The van der Waals surface area contributed by atoms with Gasteiger partial charge in [0.1, 0.15) is 11.5 Å². The van der Waals surface area contributed by atoms with Crippen molar-refractivity contribution >= 4 is 44.2 Å². The summed E-state index contributed by atoms with van der Waals surface area (Å²) in [6.07, 6.45) is 0. The number of halogens is 1. The second-order valence-corrected chi connectivity index (χ2v) is 6.06. The Morgan fingerprint density at radius 3 is 2.91 bits per heavy atom. The van der Waals surface area contributed by atoms with Gasteiger partial charge in [-0.25, -0.2) is 4.98 Å². The van der Waals surface area contributed by atoms with Crippen LogP contribution < -0.4 is 14.8 Å². The Balaban J connectivity index is 1.64. The van der Waals surface area contributed by atoms with Crippen LogP contribution in [-0.4, -0.2) is 24.6 Å². The number of methoxy groups -OCH3 is 1. The molecule has 1 amide bonds. The zero-order chi connectivity index (χ0) is 16.2. The van der Waals surface area contributed by atoms with Gasteiger partial charge < -0.3 is 9.47 Å². The summed E-state index contributed by atoms with van der Waals surface area (Å²) < 4.78 is 11.5. The van der Waals surface area contributed by atoms with Crippen molar-refractivity contribution in [3.8, 4) is 11.5 Å². The molecule has 2 aromatic carbocycles. The predicted molar refractivity (Wildman–Crippen MR) is 91.7 cm³/mol. The van der Waals surface area contributed by atoms with Gasteiger partial charge in [-0.15, -0.1) is 0 Å². The first-order chi connectivity index (χ1) is 11.2. The number of fused-ring (bicyclic) bond motifs is 1. The Bertz CT molecular complexity index is 850. The molecule has 0 saturated carbocycles. The van der Waals surface area contributed by atoms with Crippen LogP contribution in [0.1, 0.15) is 0 Å². The average Bonchev–Trinajstić information content (AvgIpc) is 2.95. The van der Waals surface area contributed by atoms with E-state index in [0.29, 0.717) is 15.9 Å². The number of anilines is 1. The minimum Gasteiger partial charge on any atom is -0.497 e. The van der Waals surface area contributed by atoms with E-state index in [-0.39, 0.29) is 12.5 Å². The number of nitrogens with zero attached hydrogens (tertiary/aromatic N) is 1. The molecule has 23 heavy (non-hydrogen) atoms. The molecule has 1 N–H and O–H groups in total. The molecule has 0 fully saturated rings. The molecule has 1 heterocycles. The van der Waals surface area contributed by atoms with Crippen LogP contribution in [0, 0.1) is 0 Å². The number of carbonyl (C=O) groups is 1. The van der Waals surface area contributed by atoms with Crippen LogP contribution in [0.4, 0.5) is 5.13 Å². The number of para-hydroxylation sites is 1. The number of benzene rings is 2. The summed E-state index contributed by atoms with van der Waals surface area (Å²) in [7, 11) is 1.61. The van der Waals surface area contributed by atoms with Crippen molar-refractivity contribution in [2.75, 3.05) is 19.0 Å². The summed E-state index contributed by atoms with van der Waals surface area (Å²) in [6, 6.07) is 12.6. The first-order valence-electron chi connectivity index (χ1n) is 6.77. The number of rotatable bonds is 5. The van der Waals surface area contributed by atoms with Crippen LogP contribution in [0.15, 0.2) is 42.5 Å². The highest BCUT2D eigenvalue weighted by molar-refractivity contribution is 7.22. The van der Waals surface area contributed by atoms with Crippen molar-refractivity contribution in [1.82, 2.24) is 4.98 Å². The van der Waals surface area contributed by atoms with Gasteiger partial charge in [0, 0.05) is 0 Å². The predicted octanol–water partition coefficient (Wildman–Crippen LogP) is 3.98. The lowest BCUT2D eigenvalue weighted by Gasteiger charge is -2.06. The van der Waals surface area contributed by atoms with E-state index in [0.717, 1.165) is 16.0 Å². The molecule has 0 aliphatic heterocycles. The first kappa shape index (κ1) is 15.6. The third kappa shape index (κ3) is 3.72. The zero-order valence-electron chi connectivity index (χ0n) is 12.2. The summed E-state index contributed by atoms with van der Waals surface area (Å²) in [5.74, 6) is 0.926. The van der Waals surface area contributed by atoms with E-state index < -0.39 is 0 Å². The number of hydrogen-bond acceptors (Lipinski definition) is 5. The molecule has 0 aliphatic carbocycles. The summed E-state index contributed by atoms with van der Waals surface area (Å²) in [5, 5.41) is 3.70. The van der Waals surface area contributed by atoms with Crippen LogP contribution in [0.3, 0.4) is 0 Å². The van der Waals surface area contributed by atoms with Gasteiger partial charge in [0.15, 0.2) is 11.7 Å². The number of nitrogens with one attached hydrogen (secondary N) is 1. The Labute approximate surface area is 141 Å². The maximum Gasteiger partial charge on any atom is 0.264 e. The van der Waals surface area contributed by atoms with Crippen LogP contribution in [-0.2, 0) is 4.79 Å². The third-order valence-corrected chi connectivity index (χ3v) is 4.28. The number of carbonyl (C=O) groups excluding carboxylic acids is 1. The molecule has 1 aromatic heterocycles. The van der Waals surface area contributed by atoms with E-state index >= 15 is 0 Å². The lowest BCUT2D eigenvalue weighted by molar-refractivity contribution is -0.118. The van der Waals surface area contributed by atoms with Crippen molar-refractivity contribution in [2.45, 2.75) is 0 Å². The topological polar surface area (TPSA) is 60.5 Å². The highest BCUT2D eigenvalue weighted by atomic mass is 35.5. The fraction of sp³-hybridized carbons (Fsp3) is 0.125. The molecule has 0 saturated heterocycles. The molecule has 0 aliphatic rings. The highest BCUT2D eigenvalue weighted by Gasteiger charge is 2.10. The SMILES string of the molecule is COc1ccc2nc(NC(=O)COc3ccccc3Cl)sc2c1. The fourth-order valence-electron chi connectivity index (χ4n) is 1.95. The molecular weight excluding hydrogens is 336 g/mol. The zero-order valence-corrected chi connectivity index (χ0v) is 13.8. The van der Waals surface area contributed by atoms with E-state index in [1.165, 1.54) is 11.3 Å². The molecule has 3 aromatic rings. The van der Waals surface area contributed by atoms with E-state index in [2.05, 4.69) is 10.3 Å². The standard InChI is InChI=1S/C16H13ClN2O3S/c1-21-10-6-7-12-14(8-10)23-16(18-12)19-15(20)9-22-13-5-3-2-4-11(13)17/h2-8H,9H2,1H3,(H,18,19,20). The van der Waals surface area contributed by atoms with Gasteiger partial charge in [-0.2, -0.15) is 0 Å². The second kappa shape index (κ2) is 6.85. The first-order valence-corrected chi connectivity index (χ1v) is 7.97. The molecule has 3 rings (SSSR count). The summed E-state index contributed by atoms with van der Waals surface area (Å²) >= 11 is 7.35. The molecule has 0 unspecified atom stereocenters. The van der Waals surface area contributed by atoms with Crippen LogP contribution in [0.2, 0.25) is 5.02 Å². The van der Waals surface area contributed by atoms with E-state index in [1.807, 2.05) is 18.2 Å². The maximum atomic E-state index is 12.0.